The molecule has 1 aliphatic heterocycles. The third-order valence-electron chi connectivity index (χ3n) is 5.38. The molecule has 10 heteroatoms. The van der Waals surface area contributed by atoms with Gasteiger partial charge in [0.05, 0.1) is 11.3 Å². The molecule has 0 aliphatic carbocycles. The van der Waals surface area contributed by atoms with Crippen molar-refractivity contribution in [1.29, 1.82) is 0 Å². The molecule has 0 bridgehead atoms. The fraction of sp³-hybridized carbons (Fsp3) is 0.455. The van der Waals surface area contributed by atoms with E-state index in [-0.39, 0.29) is 23.6 Å². The second-order valence-corrected chi connectivity index (χ2v) is 8.19. The summed E-state index contributed by atoms with van der Waals surface area (Å²) in [5.74, 6) is -0.740. The first-order valence-electron chi connectivity index (χ1n) is 10.4. The molecule has 1 saturated heterocycles. The zero-order valence-corrected chi connectivity index (χ0v) is 18.1. The van der Waals surface area contributed by atoms with Crippen LogP contribution in [0.5, 0.6) is 0 Å². The molecule has 1 aromatic heterocycles. The number of nitrogens with one attached hydrogen (secondary N) is 1. The Kier molecular flexibility index (Phi) is 6.71. The SMILES string of the molecule is Cc1cc(=O)c(C(=O)NC2CCN(C(=O)C(C)C)CC2)nn1-c1cccc(C(F)(F)F)c1. The Bertz CT molecular complexity index is 1070. The average molecular weight is 450 g/mol. The lowest BCUT2D eigenvalue weighted by Crippen LogP contribution is -2.48. The van der Waals surface area contributed by atoms with E-state index in [1.165, 1.54) is 25.1 Å². The maximum Gasteiger partial charge on any atom is 0.416 e. The molecule has 3 rings (SSSR count). The molecule has 172 valence electrons. The summed E-state index contributed by atoms with van der Waals surface area (Å²) in [7, 11) is 0. The Morgan fingerprint density at radius 2 is 1.81 bits per heavy atom. The van der Waals surface area contributed by atoms with E-state index in [1.807, 2.05) is 13.8 Å². The lowest BCUT2D eigenvalue weighted by molar-refractivity contribution is -0.137. The van der Waals surface area contributed by atoms with Crippen molar-refractivity contribution in [1.82, 2.24) is 20.0 Å². The van der Waals surface area contributed by atoms with Crippen LogP contribution in [0.4, 0.5) is 13.2 Å². The van der Waals surface area contributed by atoms with Gasteiger partial charge in [-0.25, -0.2) is 4.68 Å². The third kappa shape index (κ3) is 5.17. The summed E-state index contributed by atoms with van der Waals surface area (Å²) in [6, 6.07) is 5.44. The number of hydrogen-bond donors (Lipinski definition) is 1. The molecule has 32 heavy (non-hydrogen) atoms. The maximum atomic E-state index is 13.1. The van der Waals surface area contributed by atoms with Crippen LogP contribution in [0.25, 0.3) is 5.69 Å². The second kappa shape index (κ2) is 9.13. The standard InChI is InChI=1S/C22H25F3N4O3/c1-13(2)21(32)28-9-7-16(8-10-28)26-20(31)19-18(30)11-14(3)29(27-19)17-6-4-5-15(12-17)22(23,24)25/h4-6,11-13,16H,7-10H2,1-3H3,(H,26,31). The van der Waals surface area contributed by atoms with Crippen LogP contribution in [0.2, 0.25) is 0 Å². The van der Waals surface area contributed by atoms with E-state index >= 15 is 0 Å². The quantitative estimate of drug-likeness (QED) is 0.776. The van der Waals surface area contributed by atoms with E-state index in [1.54, 1.807) is 4.90 Å². The number of hydrogen-bond acceptors (Lipinski definition) is 4. The van der Waals surface area contributed by atoms with Crippen LogP contribution in [0, 0.1) is 12.8 Å². The first-order chi connectivity index (χ1) is 15.0. The summed E-state index contributed by atoms with van der Waals surface area (Å²) in [4.78, 5) is 39.0. The number of amides is 2. The number of rotatable bonds is 4. The minimum absolute atomic E-state index is 0.0546. The van der Waals surface area contributed by atoms with E-state index < -0.39 is 28.8 Å². The number of carbonyl (C=O) groups is 2. The molecule has 1 N–H and O–H groups in total. The second-order valence-electron chi connectivity index (χ2n) is 8.19. The molecular formula is C22H25F3N4O3. The molecular weight excluding hydrogens is 425 g/mol. The van der Waals surface area contributed by atoms with Gasteiger partial charge in [-0.05, 0) is 38.0 Å². The first kappa shape index (κ1) is 23.5. The first-order valence-corrected chi connectivity index (χ1v) is 10.4. The fourth-order valence-corrected chi connectivity index (χ4v) is 3.64. The topological polar surface area (TPSA) is 84.3 Å². The normalized spacial score (nSPS) is 15.2. The molecule has 1 fully saturated rings. The minimum atomic E-state index is -4.53. The van der Waals surface area contributed by atoms with Crippen LogP contribution in [0.3, 0.4) is 0 Å². The Morgan fingerprint density at radius 1 is 1.16 bits per heavy atom. The Hall–Kier alpha value is -3.17. The van der Waals surface area contributed by atoms with Gasteiger partial charge < -0.3 is 10.2 Å². The summed E-state index contributed by atoms with van der Waals surface area (Å²) < 4.78 is 40.4. The molecule has 2 aromatic rings. The average Bonchev–Trinajstić information content (AvgIpc) is 2.73. The number of alkyl halides is 3. The van der Waals surface area contributed by atoms with Crippen LogP contribution < -0.4 is 10.7 Å². The number of benzene rings is 1. The highest BCUT2D eigenvalue weighted by molar-refractivity contribution is 5.92. The molecule has 2 heterocycles. The summed E-state index contributed by atoms with van der Waals surface area (Å²) in [5, 5.41) is 6.82. The predicted molar refractivity (Wildman–Crippen MR) is 111 cm³/mol. The van der Waals surface area contributed by atoms with E-state index in [9.17, 15) is 27.6 Å². The number of nitrogens with zero attached hydrogens (tertiary/aromatic N) is 3. The molecule has 1 aliphatic rings. The molecule has 0 atom stereocenters. The number of likely N-dealkylation sites (tertiary alicyclic amines) is 1. The van der Waals surface area contributed by atoms with Gasteiger partial charge in [-0.2, -0.15) is 18.3 Å². The summed E-state index contributed by atoms with van der Waals surface area (Å²) in [6.45, 7) is 6.18. The van der Waals surface area contributed by atoms with Gasteiger partial charge in [0.25, 0.3) is 5.91 Å². The van der Waals surface area contributed by atoms with Crippen molar-refractivity contribution >= 4 is 11.8 Å². The zero-order chi connectivity index (χ0) is 23.6. The van der Waals surface area contributed by atoms with Crippen molar-refractivity contribution in [2.45, 2.75) is 45.8 Å². The Labute approximate surface area is 183 Å². The number of carbonyl (C=O) groups excluding carboxylic acids is 2. The molecule has 0 radical (unpaired) electrons. The van der Waals surface area contributed by atoms with Gasteiger partial charge >= 0.3 is 6.18 Å². The Morgan fingerprint density at radius 3 is 2.41 bits per heavy atom. The highest BCUT2D eigenvalue weighted by Crippen LogP contribution is 2.30. The monoisotopic (exact) mass is 450 g/mol. The highest BCUT2D eigenvalue weighted by Gasteiger charge is 2.31. The predicted octanol–water partition coefficient (Wildman–Crippen LogP) is 2.94. The lowest BCUT2D eigenvalue weighted by atomic mass is 10.0. The van der Waals surface area contributed by atoms with Crippen molar-refractivity contribution in [3.8, 4) is 5.69 Å². The smallest absolute Gasteiger partial charge is 0.348 e. The molecule has 2 amide bonds. The minimum Gasteiger partial charge on any atom is -0.348 e. The van der Waals surface area contributed by atoms with Gasteiger partial charge in [0.1, 0.15) is 0 Å². The van der Waals surface area contributed by atoms with Crippen LogP contribution in [0.15, 0.2) is 35.1 Å². The van der Waals surface area contributed by atoms with Gasteiger partial charge in [0.15, 0.2) is 5.69 Å². The van der Waals surface area contributed by atoms with Crippen molar-refractivity contribution in [3.63, 3.8) is 0 Å². The van der Waals surface area contributed by atoms with Crippen molar-refractivity contribution in [3.05, 3.63) is 57.5 Å². The van der Waals surface area contributed by atoms with E-state index in [0.717, 1.165) is 16.8 Å². The van der Waals surface area contributed by atoms with Crippen LogP contribution in [-0.4, -0.2) is 45.6 Å². The number of aromatic nitrogens is 2. The lowest BCUT2D eigenvalue weighted by Gasteiger charge is -2.33. The van der Waals surface area contributed by atoms with E-state index in [4.69, 9.17) is 0 Å². The summed E-state index contributed by atoms with van der Waals surface area (Å²) in [6.07, 6.45) is -3.45. The van der Waals surface area contributed by atoms with Gasteiger partial charge in [-0.15, -0.1) is 0 Å². The molecule has 1 aromatic carbocycles. The van der Waals surface area contributed by atoms with Crippen LogP contribution >= 0.6 is 0 Å². The van der Waals surface area contributed by atoms with Gasteiger partial charge in [-0.1, -0.05) is 19.9 Å². The van der Waals surface area contributed by atoms with Gasteiger partial charge in [0.2, 0.25) is 11.3 Å². The van der Waals surface area contributed by atoms with Crippen LogP contribution in [0.1, 0.15) is 48.4 Å². The molecule has 0 saturated carbocycles. The van der Waals surface area contributed by atoms with Crippen molar-refractivity contribution < 1.29 is 22.8 Å². The number of piperidine rings is 1. The third-order valence-corrected chi connectivity index (χ3v) is 5.38. The summed E-state index contributed by atoms with van der Waals surface area (Å²) >= 11 is 0. The Balaban J connectivity index is 1.79. The fourth-order valence-electron chi connectivity index (χ4n) is 3.64. The van der Waals surface area contributed by atoms with Crippen molar-refractivity contribution in [2.75, 3.05) is 13.1 Å². The molecule has 0 spiro atoms. The largest absolute Gasteiger partial charge is 0.416 e. The van der Waals surface area contributed by atoms with E-state index in [2.05, 4.69) is 10.4 Å². The highest BCUT2D eigenvalue weighted by atomic mass is 19.4. The maximum absolute atomic E-state index is 13.1. The zero-order valence-electron chi connectivity index (χ0n) is 18.1. The van der Waals surface area contributed by atoms with Gasteiger partial charge in [0, 0.05) is 36.8 Å². The van der Waals surface area contributed by atoms with E-state index in [0.29, 0.717) is 31.6 Å². The number of halogens is 3. The van der Waals surface area contributed by atoms with Crippen LogP contribution in [-0.2, 0) is 11.0 Å². The molecule has 7 nitrogen and oxygen atoms in total. The molecule has 0 unspecified atom stereocenters. The van der Waals surface area contributed by atoms with Gasteiger partial charge in [-0.3, -0.25) is 14.4 Å². The van der Waals surface area contributed by atoms with Crippen molar-refractivity contribution in [2.24, 2.45) is 5.92 Å². The number of aryl methyl sites for hydroxylation is 1. The summed E-state index contributed by atoms with van der Waals surface area (Å²) in [5.41, 5.74) is -1.48.